The Morgan fingerprint density at radius 1 is 0.500 bits per heavy atom. The zero-order valence-corrected chi connectivity index (χ0v) is 45.9. The molecule has 0 spiro atoms. The molecule has 0 fully saturated rings. The second-order valence-electron chi connectivity index (χ2n) is 16.9. The number of rotatable bonds is 14. The third kappa shape index (κ3) is 21.1. The van der Waals surface area contributed by atoms with Gasteiger partial charge in [0.05, 0.1) is 12.6 Å². The molecule has 8 aromatic carbocycles. The molecule has 1 atom stereocenters. The molecule has 1 unspecified atom stereocenters. The Bertz CT molecular complexity index is 3210. The molecular formula is C68H53ClFNO5Pd2. The number of amides is 1. The van der Waals surface area contributed by atoms with Crippen molar-refractivity contribution in [2.75, 3.05) is 6.54 Å². The van der Waals surface area contributed by atoms with Crippen LogP contribution in [0.2, 0.25) is 5.02 Å². The van der Waals surface area contributed by atoms with Crippen LogP contribution in [0.5, 0.6) is 0 Å². The summed E-state index contributed by atoms with van der Waals surface area (Å²) in [7, 11) is 0. The van der Waals surface area contributed by atoms with Gasteiger partial charge in [-0.25, -0.2) is 9.18 Å². The minimum Gasteiger partial charge on any atom is -0.465 e. The summed E-state index contributed by atoms with van der Waals surface area (Å²) < 4.78 is 15.1. The van der Waals surface area contributed by atoms with Crippen LogP contribution in [0.3, 0.4) is 0 Å². The maximum Gasteiger partial charge on any atom is 0.408 e. The molecule has 9 rings (SSSR count). The molecule has 394 valence electrons. The van der Waals surface area contributed by atoms with Gasteiger partial charge in [-0.15, -0.1) is 0 Å². The average Bonchev–Trinajstić information content (AvgIpc) is 3.94. The summed E-state index contributed by atoms with van der Waals surface area (Å²) in [5, 5.41) is 9.83. The molecule has 0 saturated heterocycles. The molecule has 1 aliphatic heterocycles. The molecule has 0 saturated carbocycles. The van der Waals surface area contributed by atoms with Gasteiger partial charge in [-0.05, 0) is 75.9 Å². The minimum atomic E-state index is -1.02. The van der Waals surface area contributed by atoms with E-state index in [9.17, 15) is 28.7 Å². The summed E-state index contributed by atoms with van der Waals surface area (Å²) in [4.78, 5) is 48.0. The number of nitrogens with zero attached hydrogens (tertiary/aromatic N) is 1. The van der Waals surface area contributed by atoms with Crippen LogP contribution in [0.25, 0.3) is 42.0 Å². The van der Waals surface area contributed by atoms with Crippen molar-refractivity contribution in [3.63, 3.8) is 0 Å². The number of halogens is 2. The molecule has 6 nitrogen and oxygen atoms in total. The number of ketones is 3. The topological polar surface area (TPSA) is 91.8 Å². The number of allylic oxidation sites excluding steroid dienone is 6. The monoisotopic (exact) mass is 1230 g/mol. The molecule has 1 amide bonds. The Hall–Kier alpha value is -8.24. The molecule has 0 aliphatic carbocycles. The molecule has 10 heteroatoms. The third-order valence-electron chi connectivity index (χ3n) is 11.2. The Labute approximate surface area is 482 Å². The van der Waals surface area contributed by atoms with E-state index in [4.69, 9.17) is 11.6 Å². The largest absolute Gasteiger partial charge is 0.465 e. The van der Waals surface area contributed by atoms with Crippen molar-refractivity contribution >= 4 is 81.1 Å². The van der Waals surface area contributed by atoms with Crippen molar-refractivity contribution in [3.05, 3.63) is 320 Å². The van der Waals surface area contributed by atoms with Gasteiger partial charge in [-0.2, -0.15) is 0 Å². The molecule has 0 radical (unpaired) electrons. The first-order valence-corrected chi connectivity index (χ1v) is 26.4. The van der Waals surface area contributed by atoms with E-state index in [-0.39, 0.29) is 23.9 Å². The molecule has 78 heavy (non-hydrogen) atoms. The van der Waals surface area contributed by atoms with Gasteiger partial charge in [-0.3, -0.25) is 14.5 Å². The quantitative estimate of drug-likeness (QED) is 0.0865. The van der Waals surface area contributed by atoms with Crippen molar-refractivity contribution in [2.24, 2.45) is 0 Å². The zero-order chi connectivity index (χ0) is 55.3. The third-order valence-corrected chi connectivity index (χ3v) is 12.7. The van der Waals surface area contributed by atoms with Crippen LogP contribution in [0.4, 0.5) is 9.18 Å². The van der Waals surface area contributed by atoms with E-state index in [2.05, 4.69) is 38.4 Å². The first kappa shape index (κ1) is 59.0. The van der Waals surface area contributed by atoms with E-state index in [0.29, 0.717) is 20.2 Å². The van der Waals surface area contributed by atoms with Crippen molar-refractivity contribution in [3.8, 4) is 0 Å². The van der Waals surface area contributed by atoms with Gasteiger partial charge in [0.1, 0.15) is 5.82 Å². The summed E-state index contributed by atoms with van der Waals surface area (Å²) in [6.45, 7) is 0.179. The molecule has 8 aromatic rings. The molecule has 1 aliphatic rings. The van der Waals surface area contributed by atoms with Crippen LogP contribution in [-0.4, -0.2) is 40.0 Å². The van der Waals surface area contributed by atoms with Crippen LogP contribution < -0.4 is 4.04 Å². The first-order valence-electron chi connectivity index (χ1n) is 24.5. The fraction of sp³-hybridized carbons (Fsp3) is 0.0294. The summed E-state index contributed by atoms with van der Waals surface area (Å²) >= 11 is 12.3. The van der Waals surface area contributed by atoms with Gasteiger partial charge in [0.25, 0.3) is 0 Å². The second kappa shape index (κ2) is 32.4. The SMILES string of the molecule is O=C(C=Cc1ccccc1)C=Cc1ccccc1.O=C(C=Cc1ccccc1)C=Cc1ccccc1.O=C(C=Cc1ccccc1)[C]([Pd])=Cc1cc[c]([Pd])cc1.O=C(O)N1CC(c2cc(F)ccc2Cl)=CC1c1ccccc1. The van der Waals surface area contributed by atoms with Crippen LogP contribution in [-0.2, 0) is 52.8 Å². The van der Waals surface area contributed by atoms with Crippen molar-refractivity contribution < 1.29 is 67.1 Å². The number of carboxylic acid groups (broad SMARTS) is 1. The van der Waals surface area contributed by atoms with Gasteiger partial charge in [0.15, 0.2) is 11.6 Å². The Morgan fingerprint density at radius 3 is 1.26 bits per heavy atom. The van der Waals surface area contributed by atoms with E-state index >= 15 is 0 Å². The van der Waals surface area contributed by atoms with Gasteiger partial charge in [0, 0.05) is 10.6 Å². The van der Waals surface area contributed by atoms with Crippen molar-refractivity contribution in [2.45, 2.75) is 6.04 Å². The number of hydrogen-bond donors (Lipinski definition) is 1. The van der Waals surface area contributed by atoms with E-state index in [1.807, 2.05) is 249 Å². The predicted molar refractivity (Wildman–Crippen MR) is 310 cm³/mol. The van der Waals surface area contributed by atoms with Gasteiger partial charge in [0.2, 0.25) is 0 Å². The Morgan fingerprint density at radius 2 is 0.872 bits per heavy atom. The molecular weight excluding hydrogens is 1180 g/mol. The van der Waals surface area contributed by atoms with Crippen LogP contribution >= 0.6 is 11.6 Å². The number of carbonyl (C=O) groups is 4. The summed E-state index contributed by atoms with van der Waals surface area (Å²) in [5.41, 5.74) is 8.22. The van der Waals surface area contributed by atoms with E-state index in [1.165, 1.54) is 23.1 Å². The molecule has 1 N–H and O–H groups in total. The standard InChI is InChI=1S/C17H13ClFNO2.2C17H14O.C17H12O.2Pd/c18-15-7-6-13(19)9-14(15)12-8-16(20(10-12)17(21)22)11-4-2-1-3-5-11;3*18-17(13-11-15-7-3-1-4-8-15)14-12-16-9-5-2-6-10-16;;/h1-9,16H,10H2,(H,21,22);2*1-14H;1,3-13H;;. The fourth-order valence-corrected chi connectivity index (χ4v) is 8.18. The van der Waals surface area contributed by atoms with Crippen LogP contribution in [0.15, 0.2) is 265 Å². The normalized spacial score (nSPS) is 13.1. The van der Waals surface area contributed by atoms with Crippen LogP contribution in [0, 0.1) is 5.82 Å². The Balaban J connectivity index is 0.000000169. The molecule has 0 bridgehead atoms. The Kier molecular flexibility index (Phi) is 24.5. The van der Waals surface area contributed by atoms with Crippen molar-refractivity contribution in [1.82, 2.24) is 4.90 Å². The average molecular weight is 1230 g/mol. The number of benzene rings is 8. The van der Waals surface area contributed by atoms with Gasteiger partial charge < -0.3 is 5.11 Å². The number of hydrogen-bond acceptors (Lipinski definition) is 4. The van der Waals surface area contributed by atoms with Gasteiger partial charge in [-0.1, -0.05) is 194 Å². The van der Waals surface area contributed by atoms with E-state index < -0.39 is 18.0 Å². The van der Waals surface area contributed by atoms with Gasteiger partial charge >= 0.3 is 147 Å². The summed E-state index contributed by atoms with van der Waals surface area (Å²) in [6, 6.07) is 69.7. The smallest absolute Gasteiger partial charge is 0.408 e. The number of carbonyl (C=O) groups excluding carboxylic acids is 3. The maximum absolute atomic E-state index is 13.5. The zero-order valence-electron chi connectivity index (χ0n) is 42.0. The summed E-state index contributed by atoms with van der Waals surface area (Å²) in [5.74, 6) is -0.460. The fourth-order valence-electron chi connectivity index (χ4n) is 7.29. The second-order valence-corrected chi connectivity index (χ2v) is 19.1. The summed E-state index contributed by atoms with van der Waals surface area (Å²) in [6.07, 6.45) is 19.6. The van der Waals surface area contributed by atoms with E-state index in [1.54, 1.807) is 30.4 Å². The first-order chi connectivity index (χ1) is 37.9. The molecule has 1 heterocycles. The van der Waals surface area contributed by atoms with Crippen molar-refractivity contribution in [1.29, 1.82) is 0 Å². The van der Waals surface area contributed by atoms with Crippen LogP contribution in [0.1, 0.15) is 50.5 Å². The van der Waals surface area contributed by atoms with E-state index in [0.717, 1.165) is 43.0 Å². The predicted octanol–water partition coefficient (Wildman–Crippen LogP) is 15.6. The minimum absolute atomic E-state index is 0.0114. The molecule has 0 aromatic heterocycles. The maximum atomic E-state index is 13.5.